The van der Waals surface area contributed by atoms with Gasteiger partial charge in [-0.2, -0.15) is 0 Å². The monoisotopic (exact) mass is 358 g/mol. The molecular weight excluding hydrogens is 340 g/mol. The highest BCUT2D eigenvalue weighted by Gasteiger charge is 2.13. The van der Waals surface area contributed by atoms with Gasteiger partial charge in [-0.1, -0.05) is 30.3 Å². The predicted octanol–water partition coefficient (Wildman–Crippen LogP) is 1.39. The molecule has 0 heterocycles. The Bertz CT molecular complexity index is 833. The molecule has 26 heavy (non-hydrogen) atoms. The number of ether oxygens (including phenoxy) is 2. The minimum Gasteiger partial charge on any atom is -0.454 e. The molecular formula is C18H18N2O6. The fraction of sp³-hybridized carbons (Fsp3) is 0.222. The van der Waals surface area contributed by atoms with Crippen molar-refractivity contribution in [2.24, 2.45) is 0 Å². The molecule has 2 aromatic carbocycles. The molecule has 0 aliphatic rings. The molecule has 8 heteroatoms. The second kappa shape index (κ2) is 9.16. The van der Waals surface area contributed by atoms with E-state index in [0.717, 1.165) is 10.8 Å². The number of hydrogen-bond donors (Lipinski definition) is 2. The van der Waals surface area contributed by atoms with E-state index in [9.17, 15) is 19.2 Å². The molecule has 0 aromatic heterocycles. The van der Waals surface area contributed by atoms with Gasteiger partial charge in [-0.15, -0.1) is 0 Å². The number of esters is 1. The summed E-state index contributed by atoms with van der Waals surface area (Å²) in [5.74, 6) is -2.07. The third-order valence-electron chi connectivity index (χ3n) is 3.29. The Hall–Kier alpha value is -3.42. The Morgan fingerprint density at radius 2 is 1.69 bits per heavy atom. The maximum absolute atomic E-state index is 12.1. The average molecular weight is 358 g/mol. The highest BCUT2D eigenvalue weighted by Crippen LogP contribution is 2.15. The van der Waals surface area contributed by atoms with Gasteiger partial charge in [0.1, 0.15) is 6.54 Å². The summed E-state index contributed by atoms with van der Waals surface area (Å²) >= 11 is 0. The lowest BCUT2D eigenvalue weighted by Crippen LogP contribution is -2.36. The number of alkyl carbamates (subject to hydrolysis) is 1. The first kappa shape index (κ1) is 18.9. The van der Waals surface area contributed by atoms with Crippen molar-refractivity contribution < 1.29 is 28.7 Å². The highest BCUT2D eigenvalue weighted by atomic mass is 16.6. The Morgan fingerprint density at radius 3 is 2.42 bits per heavy atom. The molecule has 2 N–H and O–H groups in total. The van der Waals surface area contributed by atoms with Crippen LogP contribution < -0.4 is 10.6 Å². The molecule has 0 bridgehead atoms. The standard InChI is InChI=1S/C18H18N2O6/c1-2-25-18(24)20-15(21)11-26-16(22)10-19-17(23)14-8-7-12-5-3-4-6-13(12)9-14/h3-9H,2,10-11H2,1H3,(H,19,23)(H,20,21,24). The van der Waals surface area contributed by atoms with Crippen molar-refractivity contribution in [1.29, 1.82) is 0 Å². The van der Waals surface area contributed by atoms with E-state index in [1.54, 1.807) is 19.1 Å². The van der Waals surface area contributed by atoms with Gasteiger partial charge in [0, 0.05) is 5.56 Å². The first-order valence-electron chi connectivity index (χ1n) is 7.89. The van der Waals surface area contributed by atoms with E-state index >= 15 is 0 Å². The van der Waals surface area contributed by atoms with Crippen molar-refractivity contribution in [3.8, 4) is 0 Å². The van der Waals surface area contributed by atoms with E-state index in [4.69, 9.17) is 0 Å². The quantitative estimate of drug-likeness (QED) is 0.755. The molecule has 8 nitrogen and oxygen atoms in total. The van der Waals surface area contributed by atoms with Crippen LogP contribution in [-0.2, 0) is 19.1 Å². The van der Waals surface area contributed by atoms with Crippen molar-refractivity contribution >= 4 is 34.6 Å². The number of nitrogens with one attached hydrogen (secondary N) is 2. The molecule has 0 spiro atoms. The number of carbonyl (C=O) groups is 4. The van der Waals surface area contributed by atoms with Crippen molar-refractivity contribution in [2.75, 3.05) is 19.8 Å². The van der Waals surface area contributed by atoms with Crippen LogP contribution in [0.15, 0.2) is 42.5 Å². The lowest BCUT2D eigenvalue weighted by atomic mass is 10.1. The predicted molar refractivity (Wildman–Crippen MR) is 92.4 cm³/mol. The lowest BCUT2D eigenvalue weighted by molar-refractivity contribution is -0.147. The van der Waals surface area contributed by atoms with Gasteiger partial charge in [-0.05, 0) is 29.8 Å². The third-order valence-corrected chi connectivity index (χ3v) is 3.29. The van der Waals surface area contributed by atoms with Gasteiger partial charge in [-0.3, -0.25) is 19.7 Å². The van der Waals surface area contributed by atoms with Gasteiger partial charge in [-0.25, -0.2) is 4.79 Å². The van der Waals surface area contributed by atoms with Crippen LogP contribution in [0.2, 0.25) is 0 Å². The number of rotatable bonds is 6. The molecule has 0 atom stereocenters. The molecule has 3 amide bonds. The van der Waals surface area contributed by atoms with Crippen LogP contribution in [0.25, 0.3) is 10.8 Å². The zero-order valence-corrected chi connectivity index (χ0v) is 14.1. The van der Waals surface area contributed by atoms with Crippen molar-refractivity contribution in [2.45, 2.75) is 6.92 Å². The van der Waals surface area contributed by atoms with Crippen LogP contribution in [0.1, 0.15) is 17.3 Å². The molecule has 0 saturated heterocycles. The number of imide groups is 1. The van der Waals surface area contributed by atoms with Crippen LogP contribution in [0.3, 0.4) is 0 Å². The summed E-state index contributed by atoms with van der Waals surface area (Å²) in [5.41, 5.74) is 0.400. The highest BCUT2D eigenvalue weighted by molar-refractivity contribution is 6.00. The molecule has 136 valence electrons. The second-order valence-electron chi connectivity index (χ2n) is 5.17. The zero-order valence-electron chi connectivity index (χ0n) is 14.1. The van der Waals surface area contributed by atoms with E-state index < -0.39 is 37.0 Å². The van der Waals surface area contributed by atoms with Crippen molar-refractivity contribution in [1.82, 2.24) is 10.6 Å². The minimum atomic E-state index is -0.918. The fourth-order valence-electron chi connectivity index (χ4n) is 2.10. The first-order chi connectivity index (χ1) is 12.5. The summed E-state index contributed by atoms with van der Waals surface area (Å²) in [6.45, 7) is 0.643. The van der Waals surface area contributed by atoms with E-state index in [-0.39, 0.29) is 6.61 Å². The van der Waals surface area contributed by atoms with Gasteiger partial charge in [0.05, 0.1) is 6.61 Å². The van der Waals surface area contributed by atoms with E-state index in [1.165, 1.54) is 0 Å². The SMILES string of the molecule is CCOC(=O)NC(=O)COC(=O)CNC(=O)c1ccc2ccccc2c1. The largest absolute Gasteiger partial charge is 0.454 e. The Labute approximate surface area is 149 Å². The summed E-state index contributed by atoms with van der Waals surface area (Å²) in [6, 6.07) is 12.7. The number of benzene rings is 2. The van der Waals surface area contributed by atoms with E-state index in [1.807, 2.05) is 35.6 Å². The summed E-state index contributed by atoms with van der Waals surface area (Å²) in [4.78, 5) is 46.0. The Morgan fingerprint density at radius 1 is 0.962 bits per heavy atom. The molecule has 0 fully saturated rings. The number of hydrogen-bond acceptors (Lipinski definition) is 6. The minimum absolute atomic E-state index is 0.111. The molecule has 0 saturated carbocycles. The van der Waals surface area contributed by atoms with Gasteiger partial charge < -0.3 is 14.8 Å². The van der Waals surface area contributed by atoms with Crippen molar-refractivity contribution in [3.05, 3.63) is 48.0 Å². The lowest BCUT2D eigenvalue weighted by Gasteiger charge is -2.07. The first-order valence-corrected chi connectivity index (χ1v) is 7.89. The van der Waals surface area contributed by atoms with Gasteiger partial charge in [0.2, 0.25) is 0 Å². The summed E-state index contributed by atoms with van der Waals surface area (Å²) in [7, 11) is 0. The molecule has 0 aliphatic heterocycles. The van der Waals surface area contributed by atoms with Gasteiger partial charge in [0.25, 0.3) is 11.8 Å². The third kappa shape index (κ3) is 5.59. The zero-order chi connectivity index (χ0) is 18.9. The topological polar surface area (TPSA) is 111 Å². The number of amides is 3. The number of fused-ring (bicyclic) bond motifs is 1. The van der Waals surface area contributed by atoms with Crippen molar-refractivity contribution in [3.63, 3.8) is 0 Å². The smallest absolute Gasteiger partial charge is 0.413 e. The van der Waals surface area contributed by atoms with E-state index in [0.29, 0.717) is 5.56 Å². The number of carbonyl (C=O) groups excluding carboxylic acids is 4. The van der Waals surface area contributed by atoms with Crippen LogP contribution in [0.4, 0.5) is 4.79 Å². The van der Waals surface area contributed by atoms with E-state index in [2.05, 4.69) is 14.8 Å². The second-order valence-corrected chi connectivity index (χ2v) is 5.17. The molecule has 2 aromatic rings. The molecule has 2 rings (SSSR count). The van der Waals surface area contributed by atoms with Crippen LogP contribution >= 0.6 is 0 Å². The summed E-state index contributed by atoms with van der Waals surface area (Å²) in [5, 5.41) is 6.19. The summed E-state index contributed by atoms with van der Waals surface area (Å²) in [6.07, 6.45) is -0.918. The maximum atomic E-state index is 12.1. The molecule has 0 aliphatic carbocycles. The maximum Gasteiger partial charge on any atom is 0.413 e. The van der Waals surface area contributed by atoms with Crippen LogP contribution in [-0.4, -0.2) is 43.6 Å². The van der Waals surface area contributed by atoms with Gasteiger partial charge >= 0.3 is 12.1 Å². The normalized spacial score (nSPS) is 10.0. The average Bonchev–Trinajstić information content (AvgIpc) is 2.64. The molecule has 0 radical (unpaired) electrons. The van der Waals surface area contributed by atoms with Gasteiger partial charge in [0.15, 0.2) is 6.61 Å². The van der Waals surface area contributed by atoms with Crippen LogP contribution in [0, 0.1) is 0 Å². The fourth-order valence-corrected chi connectivity index (χ4v) is 2.10. The Kier molecular flexibility index (Phi) is 6.67. The molecule has 0 unspecified atom stereocenters. The Balaban J connectivity index is 1.78. The van der Waals surface area contributed by atoms with Crippen LogP contribution in [0.5, 0.6) is 0 Å². The summed E-state index contributed by atoms with van der Waals surface area (Å²) < 4.78 is 9.18.